The molecule has 3 heteroatoms. The molecule has 0 atom stereocenters. The Bertz CT molecular complexity index is 334. The van der Waals surface area contributed by atoms with E-state index in [0.717, 1.165) is 5.56 Å². The van der Waals surface area contributed by atoms with Crippen molar-refractivity contribution in [2.75, 3.05) is 6.61 Å². The van der Waals surface area contributed by atoms with E-state index < -0.39 is 0 Å². The van der Waals surface area contributed by atoms with Crippen LogP contribution in [0.15, 0.2) is 18.2 Å². The number of aryl methyl sites for hydroxylation is 1. The molecule has 0 aliphatic rings. The fourth-order valence-corrected chi connectivity index (χ4v) is 1.70. The van der Waals surface area contributed by atoms with Crippen molar-refractivity contribution in [3.05, 3.63) is 32.9 Å². The smallest absolute Gasteiger partial charge is 0.310 e. The Morgan fingerprint density at radius 3 is 2.79 bits per heavy atom. The summed E-state index contributed by atoms with van der Waals surface area (Å²) < 4.78 is 6.06. The highest BCUT2D eigenvalue weighted by Gasteiger charge is 2.04. The summed E-state index contributed by atoms with van der Waals surface area (Å²) in [5, 5.41) is 0. The fraction of sp³-hybridized carbons (Fsp3) is 0.364. The molecule has 76 valence electrons. The fourth-order valence-electron chi connectivity index (χ4n) is 1.13. The third-order valence-electron chi connectivity index (χ3n) is 1.89. The van der Waals surface area contributed by atoms with E-state index in [2.05, 4.69) is 29.5 Å². The lowest BCUT2D eigenvalue weighted by Gasteiger charge is -2.04. The van der Waals surface area contributed by atoms with Crippen LogP contribution in [-0.2, 0) is 16.0 Å². The molecule has 0 heterocycles. The van der Waals surface area contributed by atoms with Crippen molar-refractivity contribution in [2.24, 2.45) is 0 Å². The molecule has 0 aliphatic heterocycles. The number of benzene rings is 1. The number of rotatable bonds is 3. The van der Waals surface area contributed by atoms with Gasteiger partial charge in [-0.05, 0) is 53.6 Å². The van der Waals surface area contributed by atoms with E-state index in [1.54, 1.807) is 0 Å². The zero-order valence-electron chi connectivity index (χ0n) is 8.34. The number of ether oxygens (including phenoxy) is 1. The van der Waals surface area contributed by atoms with E-state index >= 15 is 0 Å². The normalized spacial score (nSPS) is 9.93. The topological polar surface area (TPSA) is 26.3 Å². The van der Waals surface area contributed by atoms with Crippen LogP contribution in [-0.4, -0.2) is 12.6 Å². The molecule has 0 bridgehead atoms. The first kappa shape index (κ1) is 11.5. The molecule has 0 saturated carbocycles. The van der Waals surface area contributed by atoms with Gasteiger partial charge in [-0.3, -0.25) is 4.79 Å². The van der Waals surface area contributed by atoms with Gasteiger partial charge < -0.3 is 4.74 Å². The zero-order valence-corrected chi connectivity index (χ0v) is 10.5. The monoisotopic (exact) mass is 304 g/mol. The molecule has 1 rings (SSSR count). The first-order chi connectivity index (χ1) is 6.63. The van der Waals surface area contributed by atoms with Crippen molar-refractivity contribution >= 4 is 28.6 Å². The van der Waals surface area contributed by atoms with Gasteiger partial charge >= 0.3 is 5.97 Å². The van der Waals surface area contributed by atoms with E-state index in [9.17, 15) is 4.79 Å². The Morgan fingerprint density at radius 2 is 2.21 bits per heavy atom. The summed E-state index contributed by atoms with van der Waals surface area (Å²) in [6.07, 6.45) is 0.365. The minimum atomic E-state index is -0.160. The second-order valence-electron chi connectivity index (χ2n) is 3.07. The standard InChI is InChI=1S/C11H13IO2/c1-3-14-11(13)7-9-5-4-8(2)10(12)6-9/h4-6H,3,7H2,1-2H3. The molecule has 1 aromatic carbocycles. The van der Waals surface area contributed by atoms with Crippen molar-refractivity contribution in [1.82, 2.24) is 0 Å². The molecule has 0 N–H and O–H groups in total. The van der Waals surface area contributed by atoms with Crippen LogP contribution in [0.3, 0.4) is 0 Å². The van der Waals surface area contributed by atoms with Crippen LogP contribution in [0.1, 0.15) is 18.1 Å². The van der Waals surface area contributed by atoms with Crippen LogP contribution >= 0.6 is 22.6 Å². The lowest BCUT2D eigenvalue weighted by Crippen LogP contribution is -2.07. The van der Waals surface area contributed by atoms with Gasteiger partial charge in [-0.1, -0.05) is 12.1 Å². The highest BCUT2D eigenvalue weighted by Crippen LogP contribution is 2.14. The maximum absolute atomic E-state index is 11.2. The summed E-state index contributed by atoms with van der Waals surface area (Å²) in [5.74, 6) is -0.160. The van der Waals surface area contributed by atoms with Gasteiger partial charge in [0.1, 0.15) is 0 Å². The van der Waals surface area contributed by atoms with E-state index in [0.29, 0.717) is 13.0 Å². The number of hydrogen-bond donors (Lipinski definition) is 0. The lowest BCUT2D eigenvalue weighted by atomic mass is 10.1. The Morgan fingerprint density at radius 1 is 1.50 bits per heavy atom. The summed E-state index contributed by atoms with van der Waals surface area (Å²) in [4.78, 5) is 11.2. The molecule has 0 aromatic heterocycles. The van der Waals surface area contributed by atoms with Crippen molar-refractivity contribution in [3.63, 3.8) is 0 Å². The summed E-state index contributed by atoms with van der Waals surface area (Å²) in [6, 6.07) is 6.01. The number of halogens is 1. The van der Waals surface area contributed by atoms with Gasteiger partial charge in [0.15, 0.2) is 0 Å². The number of carbonyl (C=O) groups excluding carboxylic acids is 1. The Balaban J connectivity index is 2.68. The maximum atomic E-state index is 11.2. The Hall–Kier alpha value is -0.580. The molecule has 1 aromatic rings. The molecular formula is C11H13IO2. The highest BCUT2D eigenvalue weighted by atomic mass is 127. The maximum Gasteiger partial charge on any atom is 0.310 e. The van der Waals surface area contributed by atoms with Crippen LogP contribution in [0.25, 0.3) is 0 Å². The molecule has 0 saturated heterocycles. The van der Waals surface area contributed by atoms with E-state index in [-0.39, 0.29) is 5.97 Å². The SMILES string of the molecule is CCOC(=O)Cc1ccc(C)c(I)c1. The third-order valence-corrected chi connectivity index (χ3v) is 3.05. The van der Waals surface area contributed by atoms with Gasteiger partial charge in [-0.25, -0.2) is 0 Å². The van der Waals surface area contributed by atoms with Crippen LogP contribution in [0, 0.1) is 10.5 Å². The summed E-state index contributed by atoms with van der Waals surface area (Å²) in [6.45, 7) is 4.31. The van der Waals surface area contributed by atoms with Crippen molar-refractivity contribution in [2.45, 2.75) is 20.3 Å². The van der Waals surface area contributed by atoms with Crippen LogP contribution < -0.4 is 0 Å². The van der Waals surface area contributed by atoms with Crippen molar-refractivity contribution < 1.29 is 9.53 Å². The van der Waals surface area contributed by atoms with Gasteiger partial charge in [0.05, 0.1) is 13.0 Å². The van der Waals surface area contributed by atoms with Crippen LogP contribution in [0.4, 0.5) is 0 Å². The molecule has 0 aliphatic carbocycles. The van der Waals surface area contributed by atoms with Gasteiger partial charge in [0, 0.05) is 3.57 Å². The minimum absolute atomic E-state index is 0.160. The first-order valence-corrected chi connectivity index (χ1v) is 5.62. The molecule has 0 amide bonds. The van der Waals surface area contributed by atoms with Crippen LogP contribution in [0.2, 0.25) is 0 Å². The Kier molecular flexibility index (Phi) is 4.38. The van der Waals surface area contributed by atoms with E-state index in [1.165, 1.54) is 9.13 Å². The van der Waals surface area contributed by atoms with Gasteiger partial charge in [0.25, 0.3) is 0 Å². The summed E-state index contributed by atoms with van der Waals surface area (Å²) in [5.41, 5.74) is 2.25. The molecule has 2 nitrogen and oxygen atoms in total. The van der Waals surface area contributed by atoms with Gasteiger partial charge in [-0.15, -0.1) is 0 Å². The van der Waals surface area contributed by atoms with Crippen molar-refractivity contribution in [1.29, 1.82) is 0 Å². The Labute approximate surface area is 97.8 Å². The molecule has 0 fully saturated rings. The van der Waals surface area contributed by atoms with Crippen molar-refractivity contribution in [3.8, 4) is 0 Å². The first-order valence-electron chi connectivity index (χ1n) is 4.54. The quantitative estimate of drug-likeness (QED) is 0.634. The molecule has 14 heavy (non-hydrogen) atoms. The van der Waals surface area contributed by atoms with E-state index in [1.807, 2.05) is 25.1 Å². The lowest BCUT2D eigenvalue weighted by molar-refractivity contribution is -0.142. The average Bonchev–Trinajstić information content (AvgIpc) is 2.12. The molecular weight excluding hydrogens is 291 g/mol. The van der Waals surface area contributed by atoms with Gasteiger partial charge in [-0.2, -0.15) is 0 Å². The molecule has 0 unspecified atom stereocenters. The third kappa shape index (κ3) is 3.29. The summed E-state index contributed by atoms with van der Waals surface area (Å²) >= 11 is 2.27. The minimum Gasteiger partial charge on any atom is -0.466 e. The largest absolute Gasteiger partial charge is 0.466 e. The highest BCUT2D eigenvalue weighted by molar-refractivity contribution is 14.1. The second-order valence-corrected chi connectivity index (χ2v) is 4.23. The number of carbonyl (C=O) groups is 1. The second kappa shape index (κ2) is 5.34. The average molecular weight is 304 g/mol. The molecule has 0 spiro atoms. The number of esters is 1. The predicted molar refractivity (Wildman–Crippen MR) is 64.2 cm³/mol. The number of hydrogen-bond acceptors (Lipinski definition) is 2. The zero-order chi connectivity index (χ0) is 10.6. The van der Waals surface area contributed by atoms with Gasteiger partial charge in [0.2, 0.25) is 0 Å². The molecule has 0 radical (unpaired) electrons. The van der Waals surface area contributed by atoms with E-state index in [4.69, 9.17) is 4.74 Å². The van der Waals surface area contributed by atoms with Crippen LogP contribution in [0.5, 0.6) is 0 Å². The predicted octanol–water partition coefficient (Wildman–Crippen LogP) is 2.71. The summed E-state index contributed by atoms with van der Waals surface area (Å²) in [7, 11) is 0.